The molecular formula is C17H17BrO3. The largest absolute Gasteiger partial charge is 0.493 e. The van der Waals surface area contributed by atoms with Gasteiger partial charge in [0.25, 0.3) is 0 Å². The Morgan fingerprint density at radius 1 is 1.14 bits per heavy atom. The SMILES string of the molecule is CCc1ccc(Oc2ccc(C(C)=O)c(Br)c2)c(OC)c1. The normalized spacial score (nSPS) is 10.3. The first-order valence-electron chi connectivity index (χ1n) is 6.70. The zero-order chi connectivity index (χ0) is 15.4. The van der Waals surface area contributed by atoms with Crippen molar-refractivity contribution >= 4 is 21.7 Å². The van der Waals surface area contributed by atoms with Crippen LogP contribution in [0, 0.1) is 0 Å². The molecular weight excluding hydrogens is 332 g/mol. The first-order valence-corrected chi connectivity index (χ1v) is 7.49. The fourth-order valence-corrected chi connectivity index (χ4v) is 2.63. The van der Waals surface area contributed by atoms with Crippen LogP contribution in [0.1, 0.15) is 29.8 Å². The molecule has 2 aromatic rings. The van der Waals surface area contributed by atoms with Crippen molar-refractivity contribution in [2.45, 2.75) is 20.3 Å². The topological polar surface area (TPSA) is 35.5 Å². The number of carbonyl (C=O) groups excluding carboxylic acids is 1. The van der Waals surface area contributed by atoms with Gasteiger partial charge in [-0.3, -0.25) is 4.79 Å². The van der Waals surface area contributed by atoms with E-state index in [0.717, 1.165) is 10.9 Å². The number of benzene rings is 2. The monoisotopic (exact) mass is 348 g/mol. The van der Waals surface area contributed by atoms with E-state index in [1.165, 1.54) is 12.5 Å². The van der Waals surface area contributed by atoms with Crippen molar-refractivity contribution in [2.24, 2.45) is 0 Å². The molecule has 0 saturated carbocycles. The van der Waals surface area contributed by atoms with E-state index in [4.69, 9.17) is 9.47 Å². The van der Waals surface area contributed by atoms with Gasteiger partial charge in [-0.25, -0.2) is 0 Å². The predicted octanol–water partition coefficient (Wildman–Crippen LogP) is 5.02. The lowest BCUT2D eigenvalue weighted by molar-refractivity contribution is 0.101. The van der Waals surface area contributed by atoms with Crippen molar-refractivity contribution in [3.8, 4) is 17.2 Å². The summed E-state index contributed by atoms with van der Waals surface area (Å²) >= 11 is 3.39. The van der Waals surface area contributed by atoms with Crippen molar-refractivity contribution in [1.82, 2.24) is 0 Å². The van der Waals surface area contributed by atoms with E-state index < -0.39 is 0 Å². The standard InChI is InChI=1S/C17H17BrO3/c1-4-12-5-8-16(17(9-12)20-3)21-13-6-7-14(11(2)19)15(18)10-13/h5-10H,4H2,1-3H3. The Morgan fingerprint density at radius 2 is 1.90 bits per heavy atom. The van der Waals surface area contributed by atoms with Gasteiger partial charge in [0, 0.05) is 10.0 Å². The molecule has 0 unspecified atom stereocenters. The zero-order valence-electron chi connectivity index (χ0n) is 12.3. The molecule has 0 aromatic heterocycles. The van der Waals surface area contributed by atoms with E-state index in [2.05, 4.69) is 22.9 Å². The molecule has 0 amide bonds. The molecule has 21 heavy (non-hydrogen) atoms. The van der Waals surface area contributed by atoms with Gasteiger partial charge in [-0.2, -0.15) is 0 Å². The van der Waals surface area contributed by atoms with E-state index in [0.29, 0.717) is 22.8 Å². The van der Waals surface area contributed by atoms with Crippen LogP contribution in [0.5, 0.6) is 17.2 Å². The molecule has 110 valence electrons. The third-order valence-electron chi connectivity index (χ3n) is 3.18. The minimum Gasteiger partial charge on any atom is -0.493 e. The van der Waals surface area contributed by atoms with E-state index >= 15 is 0 Å². The molecule has 0 aliphatic rings. The third-order valence-corrected chi connectivity index (χ3v) is 3.84. The van der Waals surface area contributed by atoms with Crippen molar-refractivity contribution in [3.05, 3.63) is 52.0 Å². The lowest BCUT2D eigenvalue weighted by Gasteiger charge is -2.12. The molecule has 0 heterocycles. The van der Waals surface area contributed by atoms with Crippen LogP contribution in [-0.4, -0.2) is 12.9 Å². The molecule has 2 rings (SSSR count). The van der Waals surface area contributed by atoms with Crippen LogP contribution < -0.4 is 9.47 Å². The van der Waals surface area contributed by atoms with E-state index in [9.17, 15) is 4.79 Å². The number of ketones is 1. The number of methoxy groups -OCH3 is 1. The van der Waals surface area contributed by atoms with Crippen molar-refractivity contribution in [2.75, 3.05) is 7.11 Å². The van der Waals surface area contributed by atoms with E-state index in [-0.39, 0.29) is 5.78 Å². The van der Waals surface area contributed by atoms with Gasteiger partial charge in [-0.15, -0.1) is 0 Å². The Bertz CT molecular complexity index is 665. The molecule has 0 aliphatic carbocycles. The van der Waals surface area contributed by atoms with Crippen molar-refractivity contribution < 1.29 is 14.3 Å². The molecule has 0 fully saturated rings. The summed E-state index contributed by atoms with van der Waals surface area (Å²) in [5.41, 5.74) is 1.82. The van der Waals surface area contributed by atoms with Crippen LogP contribution in [0.3, 0.4) is 0 Å². The highest BCUT2D eigenvalue weighted by Crippen LogP contribution is 2.34. The molecule has 0 aliphatic heterocycles. The Kier molecular flexibility index (Phi) is 5.02. The summed E-state index contributed by atoms with van der Waals surface area (Å²) in [5.74, 6) is 2.01. The van der Waals surface area contributed by atoms with Gasteiger partial charge in [0.15, 0.2) is 17.3 Å². The Morgan fingerprint density at radius 3 is 2.48 bits per heavy atom. The molecule has 0 saturated heterocycles. The number of hydrogen-bond donors (Lipinski definition) is 0. The molecule has 4 heteroatoms. The highest BCUT2D eigenvalue weighted by molar-refractivity contribution is 9.10. The van der Waals surface area contributed by atoms with Gasteiger partial charge in [-0.05, 0) is 65.2 Å². The maximum atomic E-state index is 11.4. The Hall–Kier alpha value is -1.81. The Balaban J connectivity index is 2.30. The highest BCUT2D eigenvalue weighted by atomic mass is 79.9. The van der Waals surface area contributed by atoms with Gasteiger partial charge in [0.1, 0.15) is 5.75 Å². The van der Waals surface area contributed by atoms with Crippen LogP contribution in [0.4, 0.5) is 0 Å². The fourth-order valence-electron chi connectivity index (χ4n) is 1.99. The quantitative estimate of drug-likeness (QED) is 0.712. The van der Waals surface area contributed by atoms with Crippen LogP contribution in [0.2, 0.25) is 0 Å². The number of Topliss-reactive ketones (excluding diaryl/α,β-unsaturated/α-hetero) is 1. The lowest BCUT2D eigenvalue weighted by Crippen LogP contribution is -1.95. The number of aryl methyl sites for hydroxylation is 1. The minimum atomic E-state index is 0.0123. The van der Waals surface area contributed by atoms with Gasteiger partial charge >= 0.3 is 0 Å². The lowest BCUT2D eigenvalue weighted by atomic mass is 10.1. The second-order valence-corrected chi connectivity index (χ2v) is 5.49. The summed E-state index contributed by atoms with van der Waals surface area (Å²) < 4.78 is 11.9. The zero-order valence-corrected chi connectivity index (χ0v) is 13.9. The number of hydrogen-bond acceptors (Lipinski definition) is 3. The number of rotatable bonds is 5. The van der Waals surface area contributed by atoms with Crippen molar-refractivity contribution in [1.29, 1.82) is 0 Å². The fraction of sp³-hybridized carbons (Fsp3) is 0.235. The summed E-state index contributed by atoms with van der Waals surface area (Å²) in [6.07, 6.45) is 0.940. The van der Waals surface area contributed by atoms with Crippen LogP contribution in [0.15, 0.2) is 40.9 Å². The average Bonchev–Trinajstić information content (AvgIpc) is 2.47. The smallest absolute Gasteiger partial charge is 0.169 e. The molecule has 2 aromatic carbocycles. The molecule has 0 bridgehead atoms. The van der Waals surface area contributed by atoms with E-state index in [1.807, 2.05) is 18.2 Å². The second kappa shape index (κ2) is 6.76. The van der Waals surface area contributed by atoms with Gasteiger partial charge in [0.05, 0.1) is 7.11 Å². The first kappa shape index (κ1) is 15.6. The molecule has 0 atom stereocenters. The molecule has 0 spiro atoms. The van der Waals surface area contributed by atoms with Crippen LogP contribution in [0.25, 0.3) is 0 Å². The second-order valence-electron chi connectivity index (χ2n) is 4.64. The van der Waals surface area contributed by atoms with Gasteiger partial charge in [0.2, 0.25) is 0 Å². The predicted molar refractivity (Wildman–Crippen MR) is 86.6 cm³/mol. The molecule has 0 N–H and O–H groups in total. The Labute approximate surface area is 133 Å². The summed E-state index contributed by atoms with van der Waals surface area (Å²) in [7, 11) is 1.62. The summed E-state index contributed by atoms with van der Waals surface area (Å²) in [6.45, 7) is 3.63. The summed E-state index contributed by atoms with van der Waals surface area (Å²) in [5, 5.41) is 0. The minimum absolute atomic E-state index is 0.0123. The number of ether oxygens (including phenoxy) is 2. The molecule has 0 radical (unpaired) electrons. The van der Waals surface area contributed by atoms with Crippen molar-refractivity contribution in [3.63, 3.8) is 0 Å². The maximum absolute atomic E-state index is 11.4. The average molecular weight is 349 g/mol. The first-order chi connectivity index (χ1) is 10.0. The summed E-state index contributed by atoms with van der Waals surface area (Å²) in [4.78, 5) is 11.4. The number of halogens is 1. The van der Waals surface area contributed by atoms with Crippen LogP contribution >= 0.6 is 15.9 Å². The highest BCUT2D eigenvalue weighted by Gasteiger charge is 2.10. The van der Waals surface area contributed by atoms with Gasteiger partial charge < -0.3 is 9.47 Å². The third kappa shape index (κ3) is 3.64. The number of carbonyl (C=O) groups is 1. The van der Waals surface area contributed by atoms with Crippen LogP contribution in [-0.2, 0) is 6.42 Å². The molecule has 3 nitrogen and oxygen atoms in total. The van der Waals surface area contributed by atoms with Gasteiger partial charge in [-0.1, -0.05) is 13.0 Å². The summed E-state index contributed by atoms with van der Waals surface area (Å²) in [6, 6.07) is 11.2. The van der Waals surface area contributed by atoms with E-state index in [1.54, 1.807) is 25.3 Å². The maximum Gasteiger partial charge on any atom is 0.169 e.